The number of nitrogens with one attached hydrogen (secondary N) is 2. The molecule has 0 atom stereocenters. The van der Waals surface area contributed by atoms with E-state index in [9.17, 15) is 19.2 Å². The number of hydrogen-bond acceptors (Lipinski definition) is 7. The van der Waals surface area contributed by atoms with E-state index in [-0.39, 0.29) is 15.4 Å². The summed E-state index contributed by atoms with van der Waals surface area (Å²) in [4.78, 5) is 47.4. The summed E-state index contributed by atoms with van der Waals surface area (Å²) in [5.41, 5.74) is 0.861. The van der Waals surface area contributed by atoms with Crippen molar-refractivity contribution in [3.63, 3.8) is 0 Å². The van der Waals surface area contributed by atoms with Crippen molar-refractivity contribution >= 4 is 57.4 Å². The topological polar surface area (TPSA) is 131 Å². The van der Waals surface area contributed by atoms with Gasteiger partial charge in [-0.1, -0.05) is 11.6 Å². The van der Waals surface area contributed by atoms with Gasteiger partial charge >= 0.3 is 11.9 Å². The van der Waals surface area contributed by atoms with Gasteiger partial charge in [0, 0.05) is 10.7 Å². The number of carbonyl (C=O) groups excluding carboxylic acids is 3. The minimum Gasteiger partial charge on any atom is -0.480 e. The first kappa shape index (κ1) is 22.3. The number of benzene rings is 1. The minimum absolute atomic E-state index is 0.0327. The number of esters is 1. The van der Waals surface area contributed by atoms with Crippen molar-refractivity contribution in [2.75, 3.05) is 31.0 Å². The van der Waals surface area contributed by atoms with Crippen LogP contribution in [-0.2, 0) is 19.1 Å². The predicted octanol–water partition coefficient (Wildman–Crippen LogP) is 2.79. The van der Waals surface area contributed by atoms with E-state index in [0.717, 1.165) is 11.3 Å². The molecule has 0 radical (unpaired) electrons. The molecule has 1 aromatic heterocycles. The number of carboxylic acids is 1. The van der Waals surface area contributed by atoms with Gasteiger partial charge in [0.15, 0.2) is 0 Å². The van der Waals surface area contributed by atoms with E-state index in [2.05, 4.69) is 10.6 Å². The molecular formula is C18H17ClN2O7S. The highest BCUT2D eigenvalue weighted by atomic mass is 35.5. The summed E-state index contributed by atoms with van der Waals surface area (Å²) >= 11 is 6.71. The number of ether oxygens (including phenoxy) is 2. The van der Waals surface area contributed by atoms with Gasteiger partial charge in [0.25, 0.3) is 11.8 Å². The molecule has 0 saturated heterocycles. The monoisotopic (exact) mass is 440 g/mol. The van der Waals surface area contributed by atoms with E-state index in [1.165, 1.54) is 7.11 Å². The van der Waals surface area contributed by atoms with Crippen molar-refractivity contribution < 1.29 is 33.8 Å². The number of anilines is 2. The number of halogens is 1. The van der Waals surface area contributed by atoms with Crippen molar-refractivity contribution in [3.8, 4) is 0 Å². The molecule has 0 aliphatic carbocycles. The molecule has 2 amide bonds. The molecular weight excluding hydrogens is 424 g/mol. The molecule has 0 unspecified atom stereocenters. The van der Waals surface area contributed by atoms with Gasteiger partial charge in [-0.05, 0) is 36.8 Å². The van der Waals surface area contributed by atoms with Crippen molar-refractivity contribution in [1.82, 2.24) is 0 Å². The number of amides is 2. The van der Waals surface area contributed by atoms with E-state index >= 15 is 0 Å². The lowest BCUT2D eigenvalue weighted by atomic mass is 10.1. The van der Waals surface area contributed by atoms with Crippen LogP contribution in [0.2, 0.25) is 5.02 Å². The first-order valence-electron chi connectivity index (χ1n) is 8.11. The zero-order chi connectivity index (χ0) is 21.6. The normalized spacial score (nSPS) is 10.3. The average Bonchev–Trinajstić information content (AvgIpc) is 2.98. The number of methoxy groups -OCH3 is 1. The first-order chi connectivity index (χ1) is 13.7. The van der Waals surface area contributed by atoms with Crippen molar-refractivity contribution in [2.45, 2.75) is 6.92 Å². The molecule has 11 heteroatoms. The molecule has 1 heterocycles. The van der Waals surface area contributed by atoms with Crippen molar-refractivity contribution in [2.24, 2.45) is 0 Å². The summed E-state index contributed by atoms with van der Waals surface area (Å²) in [6.07, 6.45) is 0. The number of carboxylic acid groups (broad SMARTS) is 1. The lowest BCUT2D eigenvalue weighted by molar-refractivity contribution is -0.143. The number of hydrogen-bond donors (Lipinski definition) is 3. The van der Waals surface area contributed by atoms with Crippen LogP contribution in [0.15, 0.2) is 24.3 Å². The molecule has 2 aromatic rings. The molecule has 3 N–H and O–H groups in total. The highest BCUT2D eigenvalue weighted by Crippen LogP contribution is 2.34. The highest BCUT2D eigenvalue weighted by Gasteiger charge is 2.26. The van der Waals surface area contributed by atoms with E-state index in [4.69, 9.17) is 26.2 Å². The summed E-state index contributed by atoms with van der Waals surface area (Å²) in [6.45, 7) is 0.377. The van der Waals surface area contributed by atoms with E-state index in [1.54, 1.807) is 31.2 Å². The van der Waals surface area contributed by atoms with Gasteiger partial charge in [0.05, 0.1) is 17.6 Å². The molecule has 0 fully saturated rings. The van der Waals surface area contributed by atoms with Crippen molar-refractivity contribution in [3.05, 3.63) is 45.3 Å². The van der Waals surface area contributed by atoms with Crippen LogP contribution < -0.4 is 10.6 Å². The maximum Gasteiger partial charge on any atom is 0.341 e. The van der Waals surface area contributed by atoms with E-state index in [1.807, 2.05) is 0 Å². The summed E-state index contributed by atoms with van der Waals surface area (Å²) in [5, 5.41) is 14.3. The fourth-order valence-electron chi connectivity index (χ4n) is 2.28. The third kappa shape index (κ3) is 6.01. The Labute approximate surface area is 174 Å². The highest BCUT2D eigenvalue weighted by molar-refractivity contribution is 7.18. The Kier molecular flexibility index (Phi) is 7.71. The van der Waals surface area contributed by atoms with Gasteiger partial charge in [-0.25, -0.2) is 9.59 Å². The van der Waals surface area contributed by atoms with Crippen LogP contribution >= 0.6 is 22.9 Å². The third-order valence-corrected chi connectivity index (χ3v) is 5.01. The number of carbonyl (C=O) groups is 4. The van der Waals surface area contributed by atoms with Gasteiger partial charge in [-0.15, -0.1) is 11.3 Å². The maximum atomic E-state index is 12.6. The SMILES string of the molecule is COC(=O)c1c(NC(=O)COCC(=O)O)sc(C(=O)Nc2ccc(Cl)cc2)c1C. The largest absolute Gasteiger partial charge is 0.480 e. The zero-order valence-electron chi connectivity index (χ0n) is 15.4. The van der Waals surface area contributed by atoms with E-state index in [0.29, 0.717) is 16.3 Å². The summed E-state index contributed by atoms with van der Waals surface area (Å²) in [7, 11) is 1.18. The predicted molar refractivity (Wildman–Crippen MR) is 107 cm³/mol. The smallest absolute Gasteiger partial charge is 0.341 e. The Balaban J connectivity index is 2.23. The number of aliphatic carboxylic acids is 1. The van der Waals surface area contributed by atoms with Gasteiger partial charge in [-0.3, -0.25) is 9.59 Å². The summed E-state index contributed by atoms with van der Waals surface area (Å²) in [6, 6.07) is 6.46. The second kappa shape index (κ2) is 10.0. The van der Waals surface area contributed by atoms with Gasteiger partial charge in [-0.2, -0.15) is 0 Å². The van der Waals surface area contributed by atoms with Crippen LogP contribution in [0, 0.1) is 6.92 Å². The lowest BCUT2D eigenvalue weighted by Gasteiger charge is -2.06. The zero-order valence-corrected chi connectivity index (χ0v) is 17.0. The number of rotatable bonds is 8. The van der Waals surface area contributed by atoms with Crippen LogP contribution in [0.1, 0.15) is 25.6 Å². The molecule has 154 valence electrons. The first-order valence-corrected chi connectivity index (χ1v) is 9.30. The van der Waals surface area contributed by atoms with Gasteiger partial charge in [0.1, 0.15) is 18.2 Å². The molecule has 9 nitrogen and oxygen atoms in total. The van der Waals surface area contributed by atoms with Crippen molar-refractivity contribution in [1.29, 1.82) is 0 Å². The van der Waals surface area contributed by atoms with Gasteiger partial charge in [0.2, 0.25) is 0 Å². The Morgan fingerprint density at radius 3 is 2.34 bits per heavy atom. The van der Waals surface area contributed by atoms with Gasteiger partial charge < -0.3 is 25.2 Å². The van der Waals surface area contributed by atoms with E-state index < -0.39 is 37.0 Å². The fraction of sp³-hybridized carbons (Fsp3) is 0.222. The second-order valence-corrected chi connectivity index (χ2v) is 7.10. The van der Waals surface area contributed by atoms with Crippen LogP contribution in [0.3, 0.4) is 0 Å². The molecule has 0 spiro atoms. The Morgan fingerprint density at radius 1 is 1.10 bits per heavy atom. The molecule has 0 bridgehead atoms. The van der Waals surface area contributed by atoms with Crippen LogP contribution in [0.4, 0.5) is 10.7 Å². The minimum atomic E-state index is -1.22. The Bertz CT molecular complexity index is 940. The molecule has 29 heavy (non-hydrogen) atoms. The number of thiophene rings is 1. The average molecular weight is 441 g/mol. The van der Waals surface area contributed by atoms with Crippen LogP contribution in [-0.4, -0.2) is 49.2 Å². The maximum absolute atomic E-state index is 12.6. The molecule has 1 aromatic carbocycles. The molecule has 0 aliphatic rings. The summed E-state index contributed by atoms with van der Waals surface area (Å²) in [5.74, 6) is -3.11. The molecule has 2 rings (SSSR count). The molecule has 0 saturated carbocycles. The lowest BCUT2D eigenvalue weighted by Crippen LogP contribution is -2.21. The fourth-order valence-corrected chi connectivity index (χ4v) is 3.51. The standard InChI is InChI=1S/C18H17ClN2O7S/c1-9-14(18(26)27-2)17(21-12(22)7-28-8-13(23)24)29-15(9)16(25)20-11-5-3-10(19)4-6-11/h3-6H,7-8H2,1-2H3,(H,20,25)(H,21,22)(H,23,24). The Hall–Kier alpha value is -2.95. The Morgan fingerprint density at radius 2 is 1.76 bits per heavy atom. The summed E-state index contributed by atoms with van der Waals surface area (Å²) < 4.78 is 9.45. The molecule has 0 aliphatic heterocycles. The third-order valence-electron chi connectivity index (χ3n) is 3.56. The van der Waals surface area contributed by atoms with Crippen LogP contribution in [0.5, 0.6) is 0 Å². The quantitative estimate of drug-likeness (QED) is 0.538. The van der Waals surface area contributed by atoms with Crippen LogP contribution in [0.25, 0.3) is 0 Å². The second-order valence-electron chi connectivity index (χ2n) is 5.65.